The number of aliphatic carboxylic acids is 1. The fraction of sp³-hybridized carbons (Fsp3) is 0.263. The number of carboxylic acid groups (broad SMARTS) is 1. The van der Waals surface area contributed by atoms with Crippen LogP contribution in [0.4, 0.5) is 4.39 Å². The lowest BCUT2D eigenvalue weighted by atomic mass is 10.0. The van der Waals surface area contributed by atoms with E-state index >= 15 is 0 Å². The van der Waals surface area contributed by atoms with Gasteiger partial charge in [-0.05, 0) is 60.3 Å². The van der Waals surface area contributed by atoms with Crippen LogP contribution >= 0.6 is 0 Å². The Labute approximate surface area is 267 Å². The smallest absolute Gasteiger partial charge is 0.303 e. The van der Waals surface area contributed by atoms with Crippen LogP contribution in [-0.2, 0) is 16.1 Å². The van der Waals surface area contributed by atoms with Crippen molar-refractivity contribution in [3.05, 3.63) is 138 Å². The second-order valence-electron chi connectivity index (χ2n) is 9.92. The van der Waals surface area contributed by atoms with E-state index in [-0.39, 0.29) is 6.42 Å². The molecule has 3 aromatic rings. The third-order valence-corrected chi connectivity index (χ3v) is 6.62. The molecule has 3 rings (SSSR count). The molecule has 0 saturated heterocycles. The number of aromatic nitrogens is 2. The second kappa shape index (κ2) is 20.9. The summed E-state index contributed by atoms with van der Waals surface area (Å²) in [6, 6.07) is 22.5. The Kier molecular flexibility index (Phi) is 16.9. The molecule has 45 heavy (non-hydrogen) atoms. The summed E-state index contributed by atoms with van der Waals surface area (Å²) in [4.78, 5) is 10.8. The topological polar surface area (TPSA) is 76.4 Å². The average Bonchev–Trinajstić information content (AvgIpc) is 3.51. The molecule has 0 bridgehead atoms. The molecule has 2 N–H and O–H groups in total. The van der Waals surface area contributed by atoms with Gasteiger partial charge in [-0.2, -0.15) is 5.10 Å². The van der Waals surface area contributed by atoms with Crippen molar-refractivity contribution in [3.8, 4) is 22.5 Å². The van der Waals surface area contributed by atoms with Crippen LogP contribution in [0.1, 0.15) is 40.0 Å². The van der Waals surface area contributed by atoms with Gasteiger partial charge >= 0.3 is 5.97 Å². The van der Waals surface area contributed by atoms with E-state index in [1.54, 1.807) is 19.4 Å². The summed E-state index contributed by atoms with van der Waals surface area (Å²) in [5.41, 5.74) is 7.08. The lowest BCUT2D eigenvalue weighted by molar-refractivity contribution is -0.137. The third-order valence-electron chi connectivity index (χ3n) is 6.62. The first-order chi connectivity index (χ1) is 21.9. The Balaban J connectivity index is 0.00000345. The van der Waals surface area contributed by atoms with Gasteiger partial charge in [0.05, 0.1) is 31.3 Å². The van der Waals surface area contributed by atoms with Gasteiger partial charge in [0.2, 0.25) is 0 Å². The van der Waals surface area contributed by atoms with E-state index in [2.05, 4.69) is 48.3 Å². The van der Waals surface area contributed by atoms with E-state index < -0.39 is 12.6 Å². The van der Waals surface area contributed by atoms with Gasteiger partial charge in [0.15, 0.2) is 0 Å². The van der Waals surface area contributed by atoms with Crippen molar-refractivity contribution in [1.82, 2.24) is 15.1 Å². The number of nitrogens with zero attached hydrogens (tertiary/aromatic N) is 2. The highest BCUT2D eigenvalue weighted by molar-refractivity contribution is 5.68. The molecule has 0 fully saturated rings. The van der Waals surface area contributed by atoms with E-state index in [0.717, 1.165) is 33.8 Å². The highest BCUT2D eigenvalue weighted by atomic mass is 19.1. The van der Waals surface area contributed by atoms with Crippen molar-refractivity contribution in [1.29, 1.82) is 0 Å². The molecule has 1 heterocycles. The Bertz CT molecular complexity index is 1480. The maximum Gasteiger partial charge on any atom is 0.303 e. The first-order valence-corrected chi connectivity index (χ1v) is 15.2. The summed E-state index contributed by atoms with van der Waals surface area (Å²) < 4.78 is 20.4. The molecular formula is C38H46FN3O3. The quantitative estimate of drug-likeness (QED) is 0.118. The van der Waals surface area contributed by atoms with E-state index in [4.69, 9.17) is 14.9 Å². The second-order valence-corrected chi connectivity index (χ2v) is 9.92. The number of ether oxygens (including phenoxy) is 1. The molecule has 0 radical (unpaired) electrons. The zero-order valence-corrected chi connectivity index (χ0v) is 26.9. The van der Waals surface area contributed by atoms with Crippen molar-refractivity contribution < 1.29 is 19.0 Å². The van der Waals surface area contributed by atoms with Crippen molar-refractivity contribution >= 4 is 5.97 Å². The summed E-state index contributed by atoms with van der Waals surface area (Å²) >= 11 is 0. The van der Waals surface area contributed by atoms with Crippen molar-refractivity contribution in [3.63, 3.8) is 0 Å². The van der Waals surface area contributed by atoms with Crippen LogP contribution in [0.25, 0.3) is 22.5 Å². The molecule has 0 atom stereocenters. The first-order valence-electron chi connectivity index (χ1n) is 15.2. The number of alkyl halides is 1. The highest BCUT2D eigenvalue weighted by Crippen LogP contribution is 2.26. The van der Waals surface area contributed by atoms with Crippen LogP contribution in [-0.4, -0.2) is 41.2 Å². The molecule has 0 unspecified atom stereocenters. The number of allylic oxidation sites excluding steroid dienone is 8. The molecule has 0 aliphatic carbocycles. The van der Waals surface area contributed by atoms with Crippen LogP contribution < -0.4 is 5.32 Å². The van der Waals surface area contributed by atoms with Gasteiger partial charge < -0.3 is 15.2 Å². The van der Waals surface area contributed by atoms with E-state index in [9.17, 15) is 9.18 Å². The Morgan fingerprint density at radius 1 is 1.02 bits per heavy atom. The largest absolute Gasteiger partial charge is 0.504 e. The van der Waals surface area contributed by atoms with Gasteiger partial charge in [-0.25, -0.2) is 4.39 Å². The number of benzene rings is 2. The lowest BCUT2D eigenvalue weighted by Gasteiger charge is -2.09. The van der Waals surface area contributed by atoms with Crippen LogP contribution in [0.15, 0.2) is 138 Å². The van der Waals surface area contributed by atoms with E-state index in [1.165, 1.54) is 0 Å². The van der Waals surface area contributed by atoms with Gasteiger partial charge in [-0.1, -0.05) is 105 Å². The molecule has 0 aliphatic rings. The zero-order valence-electron chi connectivity index (χ0n) is 26.9. The molecule has 238 valence electrons. The Morgan fingerprint density at radius 3 is 2.31 bits per heavy atom. The Hall–Kier alpha value is -4.91. The minimum atomic E-state index is -0.866. The SMILES string of the molecule is C=C(CF)/C(=C\C=C(/C)NCC(/C=C/OC)=C/C=C/Cn1nc(-c2ccccc2)cc1-c1ccccc1)CCCC(=O)O.CC. The number of carbonyl (C=O) groups is 1. The number of carboxylic acids is 1. The van der Waals surface area contributed by atoms with Gasteiger partial charge in [0, 0.05) is 24.2 Å². The van der Waals surface area contributed by atoms with Crippen LogP contribution in [0.2, 0.25) is 0 Å². The average molecular weight is 612 g/mol. The zero-order chi connectivity index (χ0) is 32.9. The summed E-state index contributed by atoms with van der Waals surface area (Å²) in [7, 11) is 1.60. The maximum absolute atomic E-state index is 13.2. The number of hydrogen-bond donors (Lipinski definition) is 2. The highest BCUT2D eigenvalue weighted by Gasteiger charge is 2.10. The molecule has 7 heteroatoms. The summed E-state index contributed by atoms with van der Waals surface area (Å²) in [6.07, 6.45) is 14.2. The molecule has 1 aromatic heterocycles. The number of rotatable bonds is 17. The van der Waals surface area contributed by atoms with Gasteiger partial charge in [-0.15, -0.1) is 0 Å². The first kappa shape index (κ1) is 36.3. The molecule has 0 saturated carbocycles. The van der Waals surface area contributed by atoms with Crippen molar-refractivity contribution in [2.45, 2.75) is 46.6 Å². The maximum atomic E-state index is 13.2. The lowest BCUT2D eigenvalue weighted by Crippen LogP contribution is -2.14. The van der Waals surface area contributed by atoms with Crippen LogP contribution in [0.5, 0.6) is 0 Å². The monoisotopic (exact) mass is 611 g/mol. The number of nitrogens with one attached hydrogen (secondary N) is 1. The summed E-state index contributed by atoms with van der Waals surface area (Å²) in [5.74, 6) is -0.866. The summed E-state index contributed by atoms with van der Waals surface area (Å²) in [5, 5.41) is 17.1. The van der Waals surface area contributed by atoms with Crippen molar-refractivity contribution in [2.75, 3.05) is 20.3 Å². The van der Waals surface area contributed by atoms with Gasteiger partial charge in [-0.3, -0.25) is 9.48 Å². The number of hydrogen-bond acceptors (Lipinski definition) is 4. The van der Waals surface area contributed by atoms with Crippen LogP contribution in [0.3, 0.4) is 0 Å². The Morgan fingerprint density at radius 2 is 1.69 bits per heavy atom. The molecule has 0 amide bonds. The molecule has 0 spiro atoms. The molecule has 2 aromatic carbocycles. The molecular weight excluding hydrogens is 565 g/mol. The summed E-state index contributed by atoms with van der Waals surface area (Å²) in [6.45, 7) is 10.2. The van der Waals surface area contributed by atoms with Gasteiger partial charge in [0.1, 0.15) is 6.67 Å². The van der Waals surface area contributed by atoms with E-state index in [0.29, 0.717) is 37.1 Å². The fourth-order valence-corrected chi connectivity index (χ4v) is 4.25. The minimum Gasteiger partial charge on any atom is -0.504 e. The minimum absolute atomic E-state index is 0.0352. The number of halogens is 1. The fourth-order valence-electron chi connectivity index (χ4n) is 4.25. The molecule has 6 nitrogen and oxygen atoms in total. The standard InChI is InChI=1S/C36H40FN3O3.C2H6/c1-28(26-37)31(18-12-19-36(41)42)21-20-29(2)38-27-30(22-24-43-3)13-10-11-23-40-35(33-16-8-5-9-17-33)25-34(39-40)32-14-6-4-7-15-32;1-2/h4-11,13-17,20-22,24-25,38H,1,12,18-19,23,26-27H2,2-3H3,(H,41,42);1-2H3/b11-10+,24-22+,29-20+,30-13+,31-21-;. The third kappa shape index (κ3) is 13.1. The predicted octanol–water partition coefficient (Wildman–Crippen LogP) is 9.09. The van der Waals surface area contributed by atoms with Crippen molar-refractivity contribution in [2.24, 2.45) is 0 Å². The number of methoxy groups -OCH3 is 1. The normalized spacial score (nSPS) is 12.2. The van der Waals surface area contributed by atoms with Crippen LogP contribution in [0, 0.1) is 0 Å². The van der Waals surface area contributed by atoms with Gasteiger partial charge in [0.25, 0.3) is 0 Å². The molecule has 0 aliphatic heterocycles. The van der Waals surface area contributed by atoms with E-state index in [1.807, 2.05) is 86.2 Å². The predicted molar refractivity (Wildman–Crippen MR) is 184 cm³/mol.